The highest BCUT2D eigenvalue weighted by Crippen LogP contribution is 2.05. The zero-order chi connectivity index (χ0) is 18.2. The molecule has 0 aliphatic carbocycles. The molecule has 3 N–H and O–H groups in total. The van der Waals surface area contributed by atoms with E-state index in [0.29, 0.717) is 6.42 Å². The van der Waals surface area contributed by atoms with Gasteiger partial charge in [0.1, 0.15) is 6.04 Å². The van der Waals surface area contributed by atoms with E-state index in [4.69, 9.17) is 9.94 Å². The third kappa shape index (κ3) is 8.28. The van der Waals surface area contributed by atoms with Gasteiger partial charge in [-0.1, -0.05) is 30.3 Å². The quantitative estimate of drug-likeness (QED) is 0.623. The topological polar surface area (TPSA) is 105 Å². The molecule has 7 heteroatoms. The summed E-state index contributed by atoms with van der Waals surface area (Å²) >= 11 is 0. The summed E-state index contributed by atoms with van der Waals surface area (Å²) in [6, 6.07) is 8.09. The second-order valence-corrected chi connectivity index (χ2v) is 6.39. The van der Waals surface area contributed by atoms with Crippen LogP contribution in [0.3, 0.4) is 0 Å². The summed E-state index contributed by atoms with van der Waals surface area (Å²) in [4.78, 5) is 39.9. The van der Waals surface area contributed by atoms with Gasteiger partial charge in [-0.15, -0.1) is 0 Å². The summed E-state index contributed by atoms with van der Waals surface area (Å²) in [5.74, 6) is -2.30. The fourth-order valence-corrected chi connectivity index (χ4v) is 1.81. The second kappa shape index (κ2) is 9.02. The number of amides is 2. The van der Waals surface area contributed by atoms with Crippen LogP contribution in [0, 0.1) is 0 Å². The Hall–Kier alpha value is -2.41. The summed E-state index contributed by atoms with van der Waals surface area (Å²) < 4.78 is 0. The molecule has 0 saturated carbocycles. The van der Waals surface area contributed by atoms with Crippen LogP contribution in [0.4, 0.5) is 0 Å². The van der Waals surface area contributed by atoms with Crippen molar-refractivity contribution in [2.75, 3.05) is 0 Å². The van der Waals surface area contributed by atoms with Gasteiger partial charge in [0.2, 0.25) is 11.8 Å². The SMILES string of the molecule is CC(C)(C)ONC(=O)C[C@H](NC(=O)CCc1ccccc1)C(=O)O. The van der Waals surface area contributed by atoms with Crippen molar-refractivity contribution in [2.24, 2.45) is 0 Å². The first-order chi connectivity index (χ1) is 11.2. The average Bonchev–Trinajstić information content (AvgIpc) is 2.50. The van der Waals surface area contributed by atoms with E-state index in [1.807, 2.05) is 30.3 Å². The Morgan fingerprint density at radius 1 is 1.12 bits per heavy atom. The van der Waals surface area contributed by atoms with E-state index in [0.717, 1.165) is 5.56 Å². The molecule has 1 atom stereocenters. The van der Waals surface area contributed by atoms with E-state index in [1.165, 1.54) is 0 Å². The molecule has 0 unspecified atom stereocenters. The van der Waals surface area contributed by atoms with Crippen LogP contribution in [0.15, 0.2) is 30.3 Å². The molecule has 0 bridgehead atoms. The van der Waals surface area contributed by atoms with E-state index in [1.54, 1.807) is 20.8 Å². The minimum absolute atomic E-state index is 0.147. The molecule has 132 valence electrons. The zero-order valence-electron chi connectivity index (χ0n) is 14.2. The second-order valence-electron chi connectivity index (χ2n) is 6.39. The maximum Gasteiger partial charge on any atom is 0.326 e. The first-order valence-corrected chi connectivity index (χ1v) is 7.70. The predicted octanol–water partition coefficient (Wildman–Crippen LogP) is 1.42. The van der Waals surface area contributed by atoms with Gasteiger partial charge < -0.3 is 10.4 Å². The van der Waals surface area contributed by atoms with Gasteiger partial charge in [-0.3, -0.25) is 14.4 Å². The predicted molar refractivity (Wildman–Crippen MR) is 87.9 cm³/mol. The third-order valence-corrected chi connectivity index (χ3v) is 2.98. The number of hydroxylamine groups is 1. The fourth-order valence-electron chi connectivity index (χ4n) is 1.81. The average molecular weight is 336 g/mol. The van der Waals surface area contributed by atoms with Crippen LogP contribution in [0.25, 0.3) is 0 Å². The van der Waals surface area contributed by atoms with Gasteiger partial charge in [-0.2, -0.15) is 0 Å². The number of aliphatic carboxylic acids is 1. The molecule has 0 aliphatic rings. The van der Waals surface area contributed by atoms with Gasteiger partial charge in [-0.05, 0) is 32.8 Å². The number of carboxylic acid groups (broad SMARTS) is 1. The Labute approximate surface area is 141 Å². The molecular weight excluding hydrogens is 312 g/mol. The van der Waals surface area contributed by atoms with Crippen LogP contribution in [0.2, 0.25) is 0 Å². The molecule has 7 nitrogen and oxygen atoms in total. The van der Waals surface area contributed by atoms with E-state index in [9.17, 15) is 14.4 Å². The number of rotatable bonds is 8. The summed E-state index contributed by atoms with van der Waals surface area (Å²) in [5.41, 5.74) is 2.58. The largest absolute Gasteiger partial charge is 0.480 e. The van der Waals surface area contributed by atoms with E-state index in [2.05, 4.69) is 10.8 Å². The molecular formula is C17H24N2O5. The van der Waals surface area contributed by atoms with Crippen molar-refractivity contribution in [3.05, 3.63) is 35.9 Å². The Morgan fingerprint density at radius 2 is 1.75 bits per heavy atom. The van der Waals surface area contributed by atoms with Gasteiger partial charge in [0, 0.05) is 6.42 Å². The number of nitrogens with one attached hydrogen (secondary N) is 2. The van der Waals surface area contributed by atoms with Crippen LogP contribution < -0.4 is 10.8 Å². The van der Waals surface area contributed by atoms with Crippen molar-refractivity contribution < 1.29 is 24.3 Å². The Morgan fingerprint density at radius 3 is 2.29 bits per heavy atom. The molecule has 0 aliphatic heterocycles. The first kappa shape index (κ1) is 19.6. The number of hydrogen-bond donors (Lipinski definition) is 3. The molecule has 0 aromatic heterocycles. The van der Waals surface area contributed by atoms with Crippen molar-refractivity contribution >= 4 is 17.8 Å². The van der Waals surface area contributed by atoms with Gasteiger partial charge in [0.05, 0.1) is 12.0 Å². The van der Waals surface area contributed by atoms with Crippen molar-refractivity contribution in [1.29, 1.82) is 0 Å². The lowest BCUT2D eigenvalue weighted by molar-refractivity contribution is -0.150. The molecule has 0 fully saturated rings. The molecule has 0 spiro atoms. The van der Waals surface area contributed by atoms with Crippen molar-refractivity contribution in [1.82, 2.24) is 10.8 Å². The zero-order valence-corrected chi connectivity index (χ0v) is 14.2. The lowest BCUT2D eigenvalue weighted by Crippen LogP contribution is -2.45. The normalized spacial score (nSPS) is 12.3. The highest BCUT2D eigenvalue weighted by molar-refractivity contribution is 5.88. The number of benzene rings is 1. The molecule has 0 radical (unpaired) electrons. The number of carbonyl (C=O) groups excluding carboxylic acids is 2. The minimum Gasteiger partial charge on any atom is -0.480 e. The lowest BCUT2D eigenvalue weighted by atomic mass is 10.1. The Bertz CT molecular complexity index is 566. The highest BCUT2D eigenvalue weighted by Gasteiger charge is 2.24. The number of aryl methyl sites for hydroxylation is 1. The third-order valence-electron chi connectivity index (χ3n) is 2.98. The Kier molecular flexibility index (Phi) is 7.38. The highest BCUT2D eigenvalue weighted by atomic mass is 16.7. The molecule has 1 rings (SSSR count). The van der Waals surface area contributed by atoms with Gasteiger partial charge >= 0.3 is 5.97 Å². The van der Waals surface area contributed by atoms with Crippen molar-refractivity contribution in [3.8, 4) is 0 Å². The summed E-state index contributed by atoms with van der Waals surface area (Å²) in [6.07, 6.45) is 0.245. The van der Waals surface area contributed by atoms with E-state index in [-0.39, 0.29) is 6.42 Å². The number of carboxylic acids is 1. The van der Waals surface area contributed by atoms with E-state index < -0.39 is 35.8 Å². The van der Waals surface area contributed by atoms with Crippen LogP contribution in [-0.2, 0) is 25.6 Å². The smallest absolute Gasteiger partial charge is 0.326 e. The molecule has 2 amide bonds. The number of carbonyl (C=O) groups is 3. The summed E-state index contributed by atoms with van der Waals surface area (Å²) in [5, 5.41) is 11.5. The molecule has 1 aromatic rings. The molecule has 1 aromatic carbocycles. The molecule has 0 heterocycles. The monoisotopic (exact) mass is 336 g/mol. The van der Waals surface area contributed by atoms with Crippen LogP contribution in [0.5, 0.6) is 0 Å². The lowest BCUT2D eigenvalue weighted by Gasteiger charge is -2.20. The van der Waals surface area contributed by atoms with Crippen molar-refractivity contribution in [2.45, 2.75) is 51.7 Å². The summed E-state index contributed by atoms with van der Waals surface area (Å²) in [7, 11) is 0. The van der Waals surface area contributed by atoms with Crippen molar-refractivity contribution in [3.63, 3.8) is 0 Å². The maximum absolute atomic E-state index is 11.9. The molecule has 24 heavy (non-hydrogen) atoms. The van der Waals surface area contributed by atoms with Crippen LogP contribution in [0.1, 0.15) is 39.2 Å². The van der Waals surface area contributed by atoms with Crippen LogP contribution >= 0.6 is 0 Å². The van der Waals surface area contributed by atoms with Gasteiger partial charge in [-0.25, -0.2) is 10.3 Å². The van der Waals surface area contributed by atoms with E-state index >= 15 is 0 Å². The van der Waals surface area contributed by atoms with Gasteiger partial charge in [0.15, 0.2) is 0 Å². The van der Waals surface area contributed by atoms with Gasteiger partial charge in [0.25, 0.3) is 0 Å². The molecule has 0 saturated heterocycles. The standard InChI is InChI=1S/C17H24N2O5/c1-17(2,3)24-19-15(21)11-13(16(22)23)18-14(20)10-9-12-7-5-4-6-8-12/h4-8,13H,9-11H2,1-3H3,(H,18,20)(H,19,21)(H,22,23)/t13-/m0/s1. The first-order valence-electron chi connectivity index (χ1n) is 7.70. The number of hydrogen-bond acceptors (Lipinski definition) is 4. The minimum atomic E-state index is -1.29. The Balaban J connectivity index is 2.45. The maximum atomic E-state index is 11.9. The fraction of sp³-hybridized carbons (Fsp3) is 0.471. The summed E-state index contributed by atoms with van der Waals surface area (Å²) in [6.45, 7) is 5.23. The van der Waals surface area contributed by atoms with Crippen LogP contribution in [-0.4, -0.2) is 34.5 Å².